The maximum atomic E-state index is 5.33. The number of aliphatic imine (C=N–C) groups is 1. The van der Waals surface area contributed by atoms with Gasteiger partial charge in [0, 0.05) is 17.4 Å². The Balaban J connectivity index is 2.01. The normalized spacial score (nSPS) is 21.7. The summed E-state index contributed by atoms with van der Waals surface area (Å²) in [7, 11) is 1.70. The van der Waals surface area contributed by atoms with E-state index in [1.54, 1.807) is 7.11 Å². The van der Waals surface area contributed by atoms with Gasteiger partial charge in [0.15, 0.2) is 5.17 Å². The zero-order chi connectivity index (χ0) is 12.8. The number of amidine groups is 1. The molecule has 1 unspecified atom stereocenters. The maximum absolute atomic E-state index is 5.33. The minimum atomic E-state index is 0.586. The summed E-state index contributed by atoms with van der Waals surface area (Å²) < 4.78 is 5.33. The van der Waals surface area contributed by atoms with Gasteiger partial charge in [-0.3, -0.25) is 4.99 Å². The lowest BCUT2D eigenvalue weighted by Crippen LogP contribution is -2.37. The molecule has 0 aromatic heterocycles. The Morgan fingerprint density at radius 1 is 1.44 bits per heavy atom. The lowest BCUT2D eigenvalue weighted by atomic mass is 10.2. The van der Waals surface area contributed by atoms with Crippen LogP contribution in [-0.2, 0) is 6.54 Å². The number of ether oxygens (including phenoxy) is 1. The van der Waals surface area contributed by atoms with Crippen LogP contribution in [0.1, 0.15) is 25.3 Å². The first kappa shape index (κ1) is 13.3. The van der Waals surface area contributed by atoms with Gasteiger partial charge in [0.1, 0.15) is 5.75 Å². The lowest BCUT2D eigenvalue weighted by Gasteiger charge is -2.24. The van der Waals surface area contributed by atoms with Crippen molar-refractivity contribution in [2.75, 3.05) is 12.9 Å². The summed E-state index contributed by atoms with van der Waals surface area (Å²) in [6.07, 6.45) is 2.39. The summed E-state index contributed by atoms with van der Waals surface area (Å²) in [5.41, 5.74) is 1.13. The Morgan fingerprint density at radius 3 is 3.06 bits per heavy atom. The predicted molar refractivity (Wildman–Crippen MR) is 78.4 cm³/mol. The van der Waals surface area contributed by atoms with E-state index in [0.717, 1.165) is 28.7 Å². The van der Waals surface area contributed by atoms with E-state index in [2.05, 4.69) is 23.3 Å². The Labute approximate surface area is 113 Å². The SMILES string of the molecule is CCC1CCSC(=NCc2ccccc2OC)N1. The van der Waals surface area contributed by atoms with Crippen LogP contribution in [0.5, 0.6) is 5.75 Å². The van der Waals surface area contributed by atoms with Crippen LogP contribution in [-0.4, -0.2) is 24.1 Å². The molecule has 1 atom stereocenters. The molecule has 2 rings (SSSR count). The molecule has 1 fully saturated rings. The highest BCUT2D eigenvalue weighted by atomic mass is 32.2. The van der Waals surface area contributed by atoms with Crippen LogP contribution in [0.3, 0.4) is 0 Å². The van der Waals surface area contributed by atoms with Gasteiger partial charge in [-0.1, -0.05) is 36.9 Å². The van der Waals surface area contributed by atoms with Crippen molar-refractivity contribution >= 4 is 16.9 Å². The lowest BCUT2D eigenvalue weighted by molar-refractivity contribution is 0.410. The van der Waals surface area contributed by atoms with Crippen LogP contribution >= 0.6 is 11.8 Å². The summed E-state index contributed by atoms with van der Waals surface area (Å²) in [5, 5.41) is 4.55. The van der Waals surface area contributed by atoms with Crippen LogP contribution in [0.2, 0.25) is 0 Å². The van der Waals surface area contributed by atoms with Gasteiger partial charge in [0.25, 0.3) is 0 Å². The second kappa shape index (κ2) is 6.69. The fraction of sp³-hybridized carbons (Fsp3) is 0.500. The number of thioether (sulfide) groups is 1. The molecule has 0 spiro atoms. The first-order valence-electron chi connectivity index (χ1n) is 6.39. The molecule has 1 N–H and O–H groups in total. The van der Waals surface area contributed by atoms with Gasteiger partial charge >= 0.3 is 0 Å². The van der Waals surface area contributed by atoms with E-state index in [1.807, 2.05) is 30.0 Å². The summed E-state index contributed by atoms with van der Waals surface area (Å²) in [5.74, 6) is 2.07. The minimum Gasteiger partial charge on any atom is -0.496 e. The van der Waals surface area contributed by atoms with Gasteiger partial charge < -0.3 is 10.1 Å². The summed E-state index contributed by atoms with van der Waals surface area (Å²) in [6.45, 7) is 2.89. The van der Waals surface area contributed by atoms with Crippen molar-refractivity contribution in [2.24, 2.45) is 4.99 Å². The van der Waals surface area contributed by atoms with E-state index >= 15 is 0 Å². The van der Waals surface area contributed by atoms with Crippen molar-refractivity contribution in [3.05, 3.63) is 29.8 Å². The predicted octanol–water partition coefficient (Wildman–Crippen LogP) is 3.06. The van der Waals surface area contributed by atoms with E-state index in [0.29, 0.717) is 12.6 Å². The number of methoxy groups -OCH3 is 1. The zero-order valence-corrected chi connectivity index (χ0v) is 11.8. The second-order valence-electron chi connectivity index (χ2n) is 4.32. The monoisotopic (exact) mass is 264 g/mol. The minimum absolute atomic E-state index is 0.586. The van der Waals surface area contributed by atoms with Gasteiger partial charge in [-0.15, -0.1) is 0 Å². The number of benzene rings is 1. The average Bonchev–Trinajstić information content (AvgIpc) is 2.45. The summed E-state index contributed by atoms with van der Waals surface area (Å²) >= 11 is 1.81. The average molecular weight is 264 g/mol. The van der Waals surface area contributed by atoms with Gasteiger partial charge in [0.05, 0.1) is 13.7 Å². The van der Waals surface area contributed by atoms with Crippen LogP contribution in [0.15, 0.2) is 29.3 Å². The number of hydrogen-bond acceptors (Lipinski definition) is 3. The van der Waals surface area contributed by atoms with Crippen LogP contribution in [0, 0.1) is 0 Å². The third-order valence-electron chi connectivity index (χ3n) is 3.11. The second-order valence-corrected chi connectivity index (χ2v) is 5.40. The third kappa shape index (κ3) is 3.42. The zero-order valence-electron chi connectivity index (χ0n) is 11.0. The molecule has 1 aliphatic rings. The Kier molecular flexibility index (Phi) is 4.93. The van der Waals surface area contributed by atoms with Crippen LogP contribution in [0.25, 0.3) is 0 Å². The highest BCUT2D eigenvalue weighted by Gasteiger charge is 2.15. The van der Waals surface area contributed by atoms with Gasteiger partial charge in [-0.2, -0.15) is 0 Å². The molecular weight excluding hydrogens is 244 g/mol. The quantitative estimate of drug-likeness (QED) is 0.907. The van der Waals surface area contributed by atoms with Crippen molar-refractivity contribution in [1.29, 1.82) is 0 Å². The molecule has 0 radical (unpaired) electrons. The molecule has 1 aromatic carbocycles. The summed E-state index contributed by atoms with van der Waals surface area (Å²) in [6, 6.07) is 8.63. The smallest absolute Gasteiger partial charge is 0.157 e. The molecule has 1 aliphatic heterocycles. The van der Waals surface area contributed by atoms with Gasteiger partial charge in [-0.05, 0) is 18.9 Å². The fourth-order valence-corrected chi connectivity index (χ4v) is 2.98. The highest BCUT2D eigenvalue weighted by Crippen LogP contribution is 2.20. The van der Waals surface area contributed by atoms with Gasteiger partial charge in [-0.25, -0.2) is 0 Å². The van der Waals surface area contributed by atoms with Gasteiger partial charge in [0.2, 0.25) is 0 Å². The van der Waals surface area contributed by atoms with Crippen molar-refractivity contribution in [3.63, 3.8) is 0 Å². The number of para-hydroxylation sites is 1. The fourth-order valence-electron chi connectivity index (χ4n) is 1.97. The molecule has 3 nitrogen and oxygen atoms in total. The third-order valence-corrected chi connectivity index (χ3v) is 4.07. The molecule has 18 heavy (non-hydrogen) atoms. The number of nitrogens with one attached hydrogen (secondary N) is 1. The van der Waals surface area contributed by atoms with Crippen molar-refractivity contribution in [2.45, 2.75) is 32.4 Å². The topological polar surface area (TPSA) is 33.6 Å². The molecule has 0 aliphatic carbocycles. The Morgan fingerprint density at radius 2 is 2.28 bits per heavy atom. The van der Waals surface area contributed by atoms with Crippen molar-refractivity contribution in [3.8, 4) is 5.75 Å². The van der Waals surface area contributed by atoms with Crippen LogP contribution < -0.4 is 10.1 Å². The summed E-state index contributed by atoms with van der Waals surface area (Å²) in [4.78, 5) is 4.65. The number of rotatable bonds is 4. The molecule has 0 bridgehead atoms. The highest BCUT2D eigenvalue weighted by molar-refractivity contribution is 8.13. The molecular formula is C14H20N2OS. The van der Waals surface area contributed by atoms with E-state index in [1.165, 1.54) is 6.42 Å². The molecule has 98 valence electrons. The largest absolute Gasteiger partial charge is 0.496 e. The number of nitrogens with zero attached hydrogens (tertiary/aromatic N) is 1. The van der Waals surface area contributed by atoms with E-state index in [4.69, 9.17) is 4.74 Å². The first-order valence-corrected chi connectivity index (χ1v) is 7.37. The Hall–Kier alpha value is -1.16. The molecule has 1 saturated heterocycles. The first-order chi connectivity index (χ1) is 8.83. The molecule has 0 amide bonds. The Bertz CT molecular complexity index is 420. The molecule has 4 heteroatoms. The van der Waals surface area contributed by atoms with E-state index in [-0.39, 0.29) is 0 Å². The van der Waals surface area contributed by atoms with E-state index < -0.39 is 0 Å². The molecule has 1 heterocycles. The van der Waals surface area contributed by atoms with Crippen molar-refractivity contribution in [1.82, 2.24) is 5.32 Å². The standard InChI is InChI=1S/C14H20N2OS/c1-3-12-8-9-18-14(16-12)15-10-11-6-4-5-7-13(11)17-2/h4-7,12H,3,8-10H2,1-2H3,(H,15,16). The molecule has 1 aromatic rings. The van der Waals surface area contributed by atoms with Crippen molar-refractivity contribution < 1.29 is 4.74 Å². The van der Waals surface area contributed by atoms with Crippen LogP contribution in [0.4, 0.5) is 0 Å². The number of hydrogen-bond donors (Lipinski definition) is 1. The maximum Gasteiger partial charge on any atom is 0.157 e. The van der Waals surface area contributed by atoms with E-state index in [9.17, 15) is 0 Å². The molecule has 0 saturated carbocycles.